The second kappa shape index (κ2) is 4.29. The highest BCUT2D eigenvalue weighted by Crippen LogP contribution is 2.11. The van der Waals surface area contributed by atoms with Crippen molar-refractivity contribution in [3.63, 3.8) is 0 Å². The fraction of sp³-hybridized carbons (Fsp3) is 0.0833. The van der Waals surface area contributed by atoms with Crippen LogP contribution in [-0.4, -0.2) is 4.57 Å². The van der Waals surface area contributed by atoms with Gasteiger partial charge >= 0.3 is 0 Å². The van der Waals surface area contributed by atoms with Gasteiger partial charge in [0.1, 0.15) is 30.2 Å². The molecule has 0 atom stereocenters. The molecule has 0 aliphatic carbocycles. The predicted molar refractivity (Wildman–Crippen MR) is 56.3 cm³/mol. The van der Waals surface area contributed by atoms with Crippen LogP contribution in [0.25, 0.3) is 5.69 Å². The molecule has 76 valence electrons. The molecule has 2 aromatic rings. The van der Waals surface area contributed by atoms with Crippen LogP contribution >= 0.6 is 0 Å². The topological polar surface area (TPSA) is 56.4 Å². The number of rotatable bonds is 2. The van der Waals surface area contributed by atoms with Crippen molar-refractivity contribution in [1.29, 1.82) is 10.5 Å². The number of aromatic nitrogens is 2. The number of hydrogen-bond donors (Lipinski definition) is 0. The molecule has 0 fully saturated rings. The van der Waals surface area contributed by atoms with Gasteiger partial charge in [0.25, 0.3) is 0 Å². The summed E-state index contributed by atoms with van der Waals surface area (Å²) >= 11 is 0. The Morgan fingerprint density at radius 3 is 2.81 bits per heavy atom. The van der Waals surface area contributed by atoms with Gasteiger partial charge in [-0.2, -0.15) is 10.5 Å². The summed E-state index contributed by atoms with van der Waals surface area (Å²) in [5.41, 5.74) is 1.43. The summed E-state index contributed by atoms with van der Waals surface area (Å²) in [4.78, 5) is 0. The molecule has 1 aromatic heterocycles. The van der Waals surface area contributed by atoms with E-state index in [1.165, 1.54) is 0 Å². The van der Waals surface area contributed by atoms with Crippen molar-refractivity contribution < 1.29 is 4.57 Å². The Labute approximate surface area is 93.2 Å². The van der Waals surface area contributed by atoms with Crippen molar-refractivity contribution >= 4 is 0 Å². The molecule has 0 bridgehead atoms. The predicted octanol–water partition coefficient (Wildman–Crippen LogP) is 1.16. The van der Waals surface area contributed by atoms with E-state index < -0.39 is 0 Å². The van der Waals surface area contributed by atoms with Crippen molar-refractivity contribution in [2.75, 3.05) is 0 Å². The highest BCUT2D eigenvalue weighted by molar-refractivity contribution is 5.48. The van der Waals surface area contributed by atoms with E-state index in [4.69, 9.17) is 10.5 Å². The Kier molecular flexibility index (Phi) is 2.67. The maximum absolute atomic E-state index is 8.97. The van der Waals surface area contributed by atoms with Crippen molar-refractivity contribution in [2.45, 2.75) is 6.54 Å². The first-order valence-corrected chi connectivity index (χ1v) is 4.78. The zero-order valence-electron chi connectivity index (χ0n) is 8.54. The molecule has 0 N–H and O–H groups in total. The van der Waals surface area contributed by atoms with Crippen LogP contribution in [0.3, 0.4) is 0 Å². The van der Waals surface area contributed by atoms with Crippen LogP contribution in [0.15, 0.2) is 43.0 Å². The van der Waals surface area contributed by atoms with E-state index >= 15 is 0 Å². The standard InChI is InChI=1S/C12H9N4/c13-5-6-15-7-8-16(10-15)12-4-2-1-3-11(12)9-14/h1-4,7-8,10H,6H2/q+1. The Balaban J connectivity index is 2.44. The van der Waals surface area contributed by atoms with Crippen LogP contribution < -0.4 is 4.57 Å². The third kappa shape index (κ3) is 1.77. The smallest absolute Gasteiger partial charge is 0.223 e. The minimum atomic E-state index is 0.307. The van der Waals surface area contributed by atoms with Gasteiger partial charge in [0.05, 0.1) is 5.56 Å². The van der Waals surface area contributed by atoms with Gasteiger partial charge in [-0.05, 0) is 12.1 Å². The van der Waals surface area contributed by atoms with E-state index in [9.17, 15) is 0 Å². The lowest BCUT2D eigenvalue weighted by Crippen LogP contribution is -2.29. The molecule has 16 heavy (non-hydrogen) atoms. The van der Waals surface area contributed by atoms with Crippen LogP contribution in [0.4, 0.5) is 0 Å². The molecule has 0 saturated carbocycles. The van der Waals surface area contributed by atoms with E-state index in [0.29, 0.717) is 12.1 Å². The maximum atomic E-state index is 8.97. The molecule has 4 heteroatoms. The summed E-state index contributed by atoms with van der Waals surface area (Å²) in [5.74, 6) is 0. The minimum absolute atomic E-state index is 0.307. The van der Waals surface area contributed by atoms with Crippen molar-refractivity contribution in [3.8, 4) is 17.8 Å². The summed E-state index contributed by atoms with van der Waals surface area (Å²) in [6.45, 7) is 0.307. The third-order valence-corrected chi connectivity index (χ3v) is 2.25. The average molecular weight is 209 g/mol. The number of benzene rings is 1. The van der Waals surface area contributed by atoms with E-state index in [0.717, 1.165) is 5.69 Å². The third-order valence-electron chi connectivity index (χ3n) is 2.25. The zero-order valence-corrected chi connectivity index (χ0v) is 8.54. The van der Waals surface area contributed by atoms with Gasteiger partial charge in [-0.3, -0.25) is 0 Å². The van der Waals surface area contributed by atoms with Gasteiger partial charge in [0, 0.05) is 0 Å². The Morgan fingerprint density at radius 2 is 2.06 bits per heavy atom. The lowest BCUT2D eigenvalue weighted by atomic mass is 10.2. The van der Waals surface area contributed by atoms with E-state index in [-0.39, 0.29) is 0 Å². The Hall–Kier alpha value is -2.59. The quantitative estimate of drug-likeness (QED) is 0.697. The average Bonchev–Trinajstić information content (AvgIpc) is 2.78. The van der Waals surface area contributed by atoms with Gasteiger partial charge in [0.15, 0.2) is 6.54 Å². The second-order valence-electron chi connectivity index (χ2n) is 3.28. The van der Waals surface area contributed by atoms with E-state index in [2.05, 4.69) is 12.1 Å². The molecule has 4 nitrogen and oxygen atoms in total. The molecule has 0 unspecified atom stereocenters. The minimum Gasteiger partial charge on any atom is -0.223 e. The van der Waals surface area contributed by atoms with Crippen LogP contribution in [0.2, 0.25) is 0 Å². The van der Waals surface area contributed by atoms with Crippen molar-refractivity contribution in [3.05, 3.63) is 48.5 Å². The molecule has 0 aliphatic rings. The van der Waals surface area contributed by atoms with E-state index in [1.807, 2.05) is 29.0 Å². The number of para-hydroxylation sites is 1. The fourth-order valence-electron chi connectivity index (χ4n) is 1.51. The summed E-state index contributed by atoms with van der Waals surface area (Å²) in [7, 11) is 0. The summed E-state index contributed by atoms with van der Waals surface area (Å²) in [6, 6.07) is 11.5. The molecule has 0 saturated heterocycles. The van der Waals surface area contributed by atoms with Gasteiger partial charge in [-0.1, -0.05) is 12.1 Å². The second-order valence-corrected chi connectivity index (χ2v) is 3.28. The molecule has 0 amide bonds. The first kappa shape index (κ1) is 9.95. The van der Waals surface area contributed by atoms with Crippen molar-refractivity contribution in [1.82, 2.24) is 4.57 Å². The summed E-state index contributed by atoms with van der Waals surface area (Å²) in [6.07, 6.45) is 5.42. The first-order chi connectivity index (χ1) is 7.85. The largest absolute Gasteiger partial charge is 0.249 e. The van der Waals surface area contributed by atoms with Crippen LogP contribution in [0.1, 0.15) is 5.56 Å². The molecule has 1 aromatic carbocycles. The molecule has 1 heterocycles. The SMILES string of the molecule is N#CC[n+]1ccn(-c2ccccc2C#N)c1. The summed E-state index contributed by atoms with van der Waals surface area (Å²) < 4.78 is 3.59. The van der Waals surface area contributed by atoms with Gasteiger partial charge in [0.2, 0.25) is 6.33 Å². The maximum Gasteiger partial charge on any atom is 0.249 e. The monoisotopic (exact) mass is 209 g/mol. The number of nitrogens with zero attached hydrogens (tertiary/aromatic N) is 4. The van der Waals surface area contributed by atoms with Crippen LogP contribution in [-0.2, 0) is 6.54 Å². The number of nitriles is 2. The van der Waals surface area contributed by atoms with Gasteiger partial charge < -0.3 is 0 Å². The lowest BCUT2D eigenvalue weighted by molar-refractivity contribution is -0.684. The lowest BCUT2D eigenvalue weighted by Gasteiger charge is -1.96. The highest BCUT2D eigenvalue weighted by Gasteiger charge is 2.09. The Morgan fingerprint density at radius 1 is 1.25 bits per heavy atom. The molecule has 0 spiro atoms. The Bertz CT molecular complexity index is 584. The molecular formula is C12H9N4+. The molecule has 2 rings (SSSR count). The van der Waals surface area contributed by atoms with E-state index in [1.54, 1.807) is 23.2 Å². The number of hydrogen-bond acceptors (Lipinski definition) is 2. The fourth-order valence-corrected chi connectivity index (χ4v) is 1.51. The van der Waals surface area contributed by atoms with Gasteiger partial charge in [-0.15, -0.1) is 0 Å². The van der Waals surface area contributed by atoms with Crippen LogP contribution in [0.5, 0.6) is 0 Å². The van der Waals surface area contributed by atoms with Crippen LogP contribution in [0, 0.1) is 22.7 Å². The zero-order chi connectivity index (χ0) is 11.4. The normalized spacial score (nSPS) is 9.38. The summed E-state index contributed by atoms with van der Waals surface area (Å²) in [5, 5.41) is 17.5. The molecule has 0 radical (unpaired) electrons. The van der Waals surface area contributed by atoms with Gasteiger partial charge in [-0.25, -0.2) is 9.13 Å². The number of imidazole rings is 1. The first-order valence-electron chi connectivity index (χ1n) is 4.78. The molecular weight excluding hydrogens is 200 g/mol. The van der Waals surface area contributed by atoms with Crippen molar-refractivity contribution in [2.24, 2.45) is 0 Å². The molecule has 0 aliphatic heterocycles. The highest BCUT2D eigenvalue weighted by atomic mass is 15.1.